The van der Waals surface area contributed by atoms with Crippen LogP contribution in [0, 0.1) is 5.82 Å². The molecular formula is C16H26FN3O. The molecule has 0 aliphatic rings. The smallest absolute Gasteiger partial charge is 0.257 e. The van der Waals surface area contributed by atoms with E-state index >= 15 is 0 Å². The first-order valence-corrected chi connectivity index (χ1v) is 7.71. The van der Waals surface area contributed by atoms with Gasteiger partial charge in [-0.15, -0.1) is 0 Å². The maximum atomic E-state index is 13.5. The fourth-order valence-corrected chi connectivity index (χ4v) is 2.19. The minimum absolute atomic E-state index is 0.0760. The molecule has 1 aromatic heterocycles. The predicted octanol–water partition coefficient (Wildman–Crippen LogP) is 3.69. The number of hydrogen-bond donors (Lipinski definition) is 1. The molecule has 0 atom stereocenters. The molecule has 0 unspecified atom stereocenters. The normalized spacial score (nSPS) is 10.8. The van der Waals surface area contributed by atoms with Crippen LogP contribution in [0.5, 0.6) is 0 Å². The summed E-state index contributed by atoms with van der Waals surface area (Å²) in [7, 11) is 0. The molecule has 1 heterocycles. The van der Waals surface area contributed by atoms with Crippen molar-refractivity contribution >= 4 is 11.7 Å². The number of hydrogen-bond acceptors (Lipinski definition) is 3. The minimum Gasteiger partial charge on any atom is -0.370 e. The van der Waals surface area contributed by atoms with E-state index in [9.17, 15) is 9.18 Å². The molecule has 1 N–H and O–H groups in total. The first kappa shape index (κ1) is 17.4. The van der Waals surface area contributed by atoms with E-state index in [1.54, 1.807) is 4.90 Å². The van der Waals surface area contributed by atoms with Crippen molar-refractivity contribution in [3.8, 4) is 0 Å². The second kappa shape index (κ2) is 8.60. The minimum atomic E-state index is -0.489. The lowest BCUT2D eigenvalue weighted by Crippen LogP contribution is -2.38. The zero-order valence-electron chi connectivity index (χ0n) is 13.4. The fourth-order valence-electron chi connectivity index (χ4n) is 2.19. The summed E-state index contributed by atoms with van der Waals surface area (Å²) in [6, 6.07) is 1.34. The second-order valence-corrected chi connectivity index (χ2v) is 5.38. The van der Waals surface area contributed by atoms with E-state index in [-0.39, 0.29) is 11.9 Å². The van der Waals surface area contributed by atoms with Gasteiger partial charge in [-0.3, -0.25) is 4.79 Å². The Morgan fingerprint density at radius 2 is 2.10 bits per heavy atom. The molecular weight excluding hydrogens is 269 g/mol. The summed E-state index contributed by atoms with van der Waals surface area (Å²) in [5.74, 6) is -0.202. The number of anilines is 1. The molecule has 5 heteroatoms. The molecule has 118 valence electrons. The van der Waals surface area contributed by atoms with Gasteiger partial charge in [0.2, 0.25) is 0 Å². The van der Waals surface area contributed by atoms with E-state index in [1.807, 2.05) is 20.8 Å². The number of nitrogens with zero attached hydrogens (tertiary/aromatic N) is 2. The third-order valence-electron chi connectivity index (χ3n) is 3.32. The Balaban J connectivity index is 2.99. The van der Waals surface area contributed by atoms with E-state index in [0.717, 1.165) is 25.5 Å². The highest BCUT2D eigenvalue weighted by molar-refractivity contribution is 5.98. The topological polar surface area (TPSA) is 45.2 Å². The van der Waals surface area contributed by atoms with Gasteiger partial charge < -0.3 is 10.2 Å². The first-order chi connectivity index (χ1) is 10.0. The number of amides is 1. The predicted molar refractivity (Wildman–Crippen MR) is 84.1 cm³/mol. The molecule has 1 aromatic rings. The molecule has 0 radical (unpaired) electrons. The second-order valence-electron chi connectivity index (χ2n) is 5.38. The molecule has 0 aliphatic heterocycles. The summed E-state index contributed by atoms with van der Waals surface area (Å²) in [6.45, 7) is 9.32. The lowest BCUT2D eigenvalue weighted by atomic mass is 10.1. The Morgan fingerprint density at radius 3 is 2.67 bits per heavy atom. The van der Waals surface area contributed by atoms with Gasteiger partial charge in [0.25, 0.3) is 5.91 Å². The van der Waals surface area contributed by atoms with Gasteiger partial charge in [-0.2, -0.15) is 0 Å². The molecule has 0 aromatic carbocycles. The summed E-state index contributed by atoms with van der Waals surface area (Å²) in [4.78, 5) is 18.5. The van der Waals surface area contributed by atoms with Crippen LogP contribution in [-0.4, -0.2) is 34.9 Å². The van der Waals surface area contributed by atoms with Crippen LogP contribution in [0.25, 0.3) is 0 Å². The van der Waals surface area contributed by atoms with Crippen molar-refractivity contribution < 1.29 is 9.18 Å². The number of carbonyl (C=O) groups is 1. The van der Waals surface area contributed by atoms with Gasteiger partial charge in [0, 0.05) is 19.1 Å². The number of unbranched alkanes of at least 4 members (excludes halogenated alkanes) is 2. The SMILES string of the molecule is CCCCCN(C(=O)c1cc(F)cnc1NCC)C(C)C. The summed E-state index contributed by atoms with van der Waals surface area (Å²) < 4.78 is 13.5. The molecule has 1 amide bonds. The van der Waals surface area contributed by atoms with Crippen molar-refractivity contribution in [2.45, 2.75) is 53.0 Å². The van der Waals surface area contributed by atoms with Gasteiger partial charge in [-0.25, -0.2) is 9.37 Å². The first-order valence-electron chi connectivity index (χ1n) is 7.71. The van der Waals surface area contributed by atoms with Crippen LogP contribution >= 0.6 is 0 Å². The van der Waals surface area contributed by atoms with Crippen molar-refractivity contribution in [2.75, 3.05) is 18.4 Å². The van der Waals surface area contributed by atoms with E-state index in [2.05, 4.69) is 17.2 Å². The molecule has 0 aliphatic carbocycles. The third kappa shape index (κ3) is 4.99. The molecule has 1 rings (SSSR count). The van der Waals surface area contributed by atoms with Crippen molar-refractivity contribution in [1.29, 1.82) is 0 Å². The summed E-state index contributed by atoms with van der Waals surface area (Å²) in [6.07, 6.45) is 4.27. The molecule has 0 fully saturated rings. The Bertz CT molecular complexity index is 463. The van der Waals surface area contributed by atoms with Crippen molar-refractivity contribution in [3.63, 3.8) is 0 Å². The van der Waals surface area contributed by atoms with E-state index in [1.165, 1.54) is 6.07 Å². The highest BCUT2D eigenvalue weighted by Gasteiger charge is 2.22. The standard InChI is InChI=1S/C16H26FN3O/c1-5-7-8-9-20(12(3)4)16(21)14-10-13(17)11-19-15(14)18-6-2/h10-12H,5-9H2,1-4H3,(H,18,19). The van der Waals surface area contributed by atoms with E-state index < -0.39 is 5.82 Å². The zero-order valence-corrected chi connectivity index (χ0v) is 13.4. The lowest BCUT2D eigenvalue weighted by molar-refractivity contribution is 0.0702. The third-order valence-corrected chi connectivity index (χ3v) is 3.32. The Labute approximate surface area is 126 Å². The van der Waals surface area contributed by atoms with Crippen LogP contribution < -0.4 is 5.32 Å². The maximum Gasteiger partial charge on any atom is 0.257 e. The number of aromatic nitrogens is 1. The fraction of sp³-hybridized carbons (Fsp3) is 0.625. The molecule has 4 nitrogen and oxygen atoms in total. The van der Waals surface area contributed by atoms with Crippen LogP contribution in [0.1, 0.15) is 57.3 Å². The zero-order chi connectivity index (χ0) is 15.8. The lowest BCUT2D eigenvalue weighted by Gasteiger charge is -2.27. The Hall–Kier alpha value is -1.65. The van der Waals surface area contributed by atoms with Crippen LogP contribution in [0.2, 0.25) is 0 Å². The molecule has 0 bridgehead atoms. The maximum absolute atomic E-state index is 13.5. The summed E-state index contributed by atoms with van der Waals surface area (Å²) in [5.41, 5.74) is 0.307. The number of pyridine rings is 1. The Kier molecular flexibility index (Phi) is 7.12. The van der Waals surface area contributed by atoms with Gasteiger partial charge >= 0.3 is 0 Å². The van der Waals surface area contributed by atoms with Crippen molar-refractivity contribution in [2.24, 2.45) is 0 Å². The van der Waals surface area contributed by atoms with Crippen LogP contribution in [0.4, 0.5) is 10.2 Å². The largest absolute Gasteiger partial charge is 0.370 e. The van der Waals surface area contributed by atoms with Crippen LogP contribution in [0.15, 0.2) is 12.3 Å². The van der Waals surface area contributed by atoms with Crippen molar-refractivity contribution in [1.82, 2.24) is 9.88 Å². The van der Waals surface area contributed by atoms with Gasteiger partial charge in [0.15, 0.2) is 0 Å². The van der Waals surface area contributed by atoms with Crippen LogP contribution in [0.3, 0.4) is 0 Å². The van der Waals surface area contributed by atoms with Gasteiger partial charge in [-0.05, 0) is 33.3 Å². The average molecular weight is 295 g/mol. The van der Waals surface area contributed by atoms with E-state index in [0.29, 0.717) is 24.5 Å². The average Bonchev–Trinajstić information content (AvgIpc) is 2.44. The number of nitrogens with one attached hydrogen (secondary N) is 1. The number of carbonyl (C=O) groups excluding carboxylic acids is 1. The summed E-state index contributed by atoms with van der Waals surface area (Å²) in [5, 5.41) is 3.02. The van der Waals surface area contributed by atoms with Crippen molar-refractivity contribution in [3.05, 3.63) is 23.6 Å². The van der Waals surface area contributed by atoms with Crippen LogP contribution in [-0.2, 0) is 0 Å². The Morgan fingerprint density at radius 1 is 1.38 bits per heavy atom. The molecule has 21 heavy (non-hydrogen) atoms. The quantitative estimate of drug-likeness (QED) is 0.744. The van der Waals surface area contributed by atoms with Gasteiger partial charge in [-0.1, -0.05) is 19.8 Å². The molecule has 0 saturated heterocycles. The molecule has 0 saturated carbocycles. The number of rotatable bonds is 8. The number of halogens is 1. The van der Waals surface area contributed by atoms with Gasteiger partial charge in [0.1, 0.15) is 11.6 Å². The molecule has 0 spiro atoms. The highest BCUT2D eigenvalue weighted by Crippen LogP contribution is 2.18. The monoisotopic (exact) mass is 295 g/mol. The van der Waals surface area contributed by atoms with Gasteiger partial charge in [0.05, 0.1) is 11.8 Å². The van der Waals surface area contributed by atoms with E-state index in [4.69, 9.17) is 0 Å². The summed E-state index contributed by atoms with van der Waals surface area (Å²) >= 11 is 0. The highest BCUT2D eigenvalue weighted by atomic mass is 19.1.